The maximum absolute atomic E-state index is 12.0. The van der Waals surface area contributed by atoms with E-state index in [9.17, 15) is 8.42 Å². The number of hydrogen-bond donors (Lipinski definition) is 1. The van der Waals surface area contributed by atoms with Gasteiger partial charge in [-0.3, -0.25) is 0 Å². The third kappa shape index (κ3) is 6.20. The van der Waals surface area contributed by atoms with Crippen LogP contribution in [0.4, 0.5) is 5.69 Å². The van der Waals surface area contributed by atoms with Gasteiger partial charge in [0.05, 0.1) is 11.0 Å². The van der Waals surface area contributed by atoms with Gasteiger partial charge >= 0.3 is 0 Å². The Morgan fingerprint density at radius 3 is 2.00 bits per heavy atom. The molecule has 0 saturated heterocycles. The number of anilines is 1. The molecule has 0 spiro atoms. The molecule has 2 aromatic carbocycles. The van der Waals surface area contributed by atoms with Gasteiger partial charge in [0.15, 0.2) is 9.84 Å². The molecule has 25 heavy (non-hydrogen) atoms. The van der Waals surface area contributed by atoms with Gasteiger partial charge in [-0.1, -0.05) is 49.7 Å². The van der Waals surface area contributed by atoms with Crippen molar-refractivity contribution < 1.29 is 8.42 Å². The lowest BCUT2D eigenvalue weighted by Crippen LogP contribution is -2.15. The van der Waals surface area contributed by atoms with Crippen molar-refractivity contribution in [2.24, 2.45) is 0 Å². The van der Waals surface area contributed by atoms with Crippen molar-refractivity contribution in [3.8, 4) is 0 Å². The van der Waals surface area contributed by atoms with E-state index in [1.165, 1.54) is 24.0 Å². The van der Waals surface area contributed by atoms with Gasteiger partial charge in [0.25, 0.3) is 0 Å². The van der Waals surface area contributed by atoms with Crippen molar-refractivity contribution in [2.75, 3.05) is 5.32 Å². The summed E-state index contributed by atoms with van der Waals surface area (Å²) in [5.41, 5.74) is 4.47. The maximum atomic E-state index is 12.0. The highest BCUT2D eigenvalue weighted by Crippen LogP contribution is 2.16. The monoisotopic (exact) mass is 359 g/mol. The first-order valence-corrected chi connectivity index (χ1v) is 10.7. The zero-order valence-corrected chi connectivity index (χ0v) is 16.3. The normalized spacial score (nSPS) is 11.7. The van der Waals surface area contributed by atoms with E-state index < -0.39 is 9.84 Å². The molecule has 0 unspecified atom stereocenters. The summed E-state index contributed by atoms with van der Waals surface area (Å²) < 4.78 is 23.9. The summed E-state index contributed by atoms with van der Waals surface area (Å²) in [5.74, 6) is 0.101. The quantitative estimate of drug-likeness (QED) is 0.688. The summed E-state index contributed by atoms with van der Waals surface area (Å²) in [6.07, 6.45) is 3.60. The molecule has 0 heterocycles. The highest BCUT2D eigenvalue weighted by Gasteiger charge is 2.16. The maximum Gasteiger partial charge on any atom is 0.156 e. The SMILES string of the molecule is CCCCc1ccc(CNc2ccc(CS(=O)(=O)C(C)C)cc2)cc1. The van der Waals surface area contributed by atoms with Crippen LogP contribution in [0.5, 0.6) is 0 Å². The fraction of sp³-hybridized carbons (Fsp3) is 0.429. The van der Waals surface area contributed by atoms with Gasteiger partial charge in [0.1, 0.15) is 0 Å². The molecule has 0 aliphatic rings. The number of unbranched alkanes of at least 4 members (excludes halogenated alkanes) is 1. The Bertz CT molecular complexity index is 747. The zero-order chi connectivity index (χ0) is 18.3. The largest absolute Gasteiger partial charge is 0.381 e. The van der Waals surface area contributed by atoms with Crippen LogP contribution in [0, 0.1) is 0 Å². The Morgan fingerprint density at radius 1 is 0.880 bits per heavy atom. The molecule has 3 nitrogen and oxygen atoms in total. The van der Waals surface area contributed by atoms with Crippen LogP contribution >= 0.6 is 0 Å². The molecule has 136 valence electrons. The van der Waals surface area contributed by atoms with Gasteiger partial charge < -0.3 is 5.32 Å². The molecule has 2 rings (SSSR count). The van der Waals surface area contributed by atoms with Crippen molar-refractivity contribution in [3.05, 3.63) is 65.2 Å². The summed E-state index contributed by atoms with van der Waals surface area (Å²) in [5, 5.41) is 3.04. The molecule has 0 aromatic heterocycles. The smallest absolute Gasteiger partial charge is 0.156 e. The lowest BCUT2D eigenvalue weighted by Gasteiger charge is -2.10. The average molecular weight is 360 g/mol. The third-order valence-corrected chi connectivity index (χ3v) is 6.55. The summed E-state index contributed by atoms with van der Waals surface area (Å²) in [6.45, 7) is 6.41. The zero-order valence-electron chi connectivity index (χ0n) is 15.5. The Labute approximate surface area is 152 Å². The van der Waals surface area contributed by atoms with E-state index in [0.717, 1.165) is 24.2 Å². The van der Waals surface area contributed by atoms with Crippen LogP contribution in [0.1, 0.15) is 50.3 Å². The van der Waals surface area contributed by atoms with Crippen molar-refractivity contribution >= 4 is 15.5 Å². The van der Waals surface area contributed by atoms with E-state index in [4.69, 9.17) is 0 Å². The molecule has 0 fully saturated rings. The molecule has 4 heteroatoms. The molecule has 1 N–H and O–H groups in total. The number of nitrogens with one attached hydrogen (secondary N) is 1. The molecule has 0 aliphatic carbocycles. The van der Waals surface area contributed by atoms with Crippen LogP contribution in [0.25, 0.3) is 0 Å². The molecule has 2 aromatic rings. The Hall–Kier alpha value is -1.81. The van der Waals surface area contributed by atoms with E-state index in [1.807, 2.05) is 24.3 Å². The Morgan fingerprint density at radius 2 is 1.44 bits per heavy atom. The third-order valence-electron chi connectivity index (χ3n) is 4.38. The standard InChI is InChI=1S/C21H29NO2S/c1-4-5-6-18-7-9-19(10-8-18)15-22-21-13-11-20(12-14-21)16-25(23,24)17(2)3/h7-14,17,22H,4-6,15-16H2,1-3H3. The molecule has 0 saturated carbocycles. The van der Waals surface area contributed by atoms with E-state index >= 15 is 0 Å². The Kier molecular flexibility index (Phi) is 7.06. The van der Waals surface area contributed by atoms with Crippen LogP contribution in [-0.2, 0) is 28.6 Å². The van der Waals surface area contributed by atoms with Crippen molar-refractivity contribution in [2.45, 2.75) is 57.6 Å². The van der Waals surface area contributed by atoms with E-state index in [0.29, 0.717) is 0 Å². The van der Waals surface area contributed by atoms with E-state index in [-0.39, 0.29) is 11.0 Å². The summed E-state index contributed by atoms with van der Waals surface area (Å²) in [4.78, 5) is 0. The fourth-order valence-electron chi connectivity index (χ4n) is 2.53. The van der Waals surface area contributed by atoms with E-state index in [2.05, 4.69) is 36.5 Å². The highest BCUT2D eigenvalue weighted by molar-refractivity contribution is 7.91. The second kappa shape index (κ2) is 9.04. The highest BCUT2D eigenvalue weighted by atomic mass is 32.2. The van der Waals surface area contributed by atoms with Gasteiger partial charge in [-0.15, -0.1) is 0 Å². The first-order chi connectivity index (χ1) is 11.9. The lowest BCUT2D eigenvalue weighted by molar-refractivity contribution is 0.586. The molecular formula is C21H29NO2S. The van der Waals surface area contributed by atoms with Crippen LogP contribution < -0.4 is 5.32 Å². The summed E-state index contributed by atoms with van der Waals surface area (Å²) in [7, 11) is -3.05. The molecule has 0 amide bonds. The second-order valence-corrected chi connectivity index (χ2v) is 9.38. The number of rotatable bonds is 9. The van der Waals surface area contributed by atoms with Crippen LogP contribution in [0.15, 0.2) is 48.5 Å². The minimum absolute atomic E-state index is 0.101. The topological polar surface area (TPSA) is 46.2 Å². The van der Waals surface area contributed by atoms with E-state index in [1.54, 1.807) is 13.8 Å². The minimum atomic E-state index is -3.05. The first-order valence-electron chi connectivity index (χ1n) is 9.03. The predicted octanol–water partition coefficient (Wildman–Crippen LogP) is 4.96. The van der Waals surface area contributed by atoms with Crippen molar-refractivity contribution in [1.82, 2.24) is 0 Å². The lowest BCUT2D eigenvalue weighted by atomic mass is 10.1. The van der Waals surface area contributed by atoms with Crippen LogP contribution in [-0.4, -0.2) is 13.7 Å². The van der Waals surface area contributed by atoms with Gasteiger partial charge in [0, 0.05) is 12.2 Å². The predicted molar refractivity (Wildman–Crippen MR) is 107 cm³/mol. The number of benzene rings is 2. The van der Waals surface area contributed by atoms with Crippen LogP contribution in [0.3, 0.4) is 0 Å². The first kappa shape index (κ1) is 19.5. The molecule has 0 aliphatic heterocycles. The van der Waals surface area contributed by atoms with Crippen molar-refractivity contribution in [3.63, 3.8) is 0 Å². The number of hydrogen-bond acceptors (Lipinski definition) is 3. The minimum Gasteiger partial charge on any atom is -0.381 e. The molecule has 0 bridgehead atoms. The van der Waals surface area contributed by atoms with Gasteiger partial charge in [-0.25, -0.2) is 8.42 Å². The molecule has 0 atom stereocenters. The number of aryl methyl sites for hydroxylation is 1. The Balaban J connectivity index is 1.89. The average Bonchev–Trinajstić information content (AvgIpc) is 2.60. The molecule has 0 radical (unpaired) electrons. The van der Waals surface area contributed by atoms with Gasteiger partial charge in [-0.2, -0.15) is 0 Å². The summed E-state index contributed by atoms with van der Waals surface area (Å²) >= 11 is 0. The van der Waals surface area contributed by atoms with Gasteiger partial charge in [-0.05, 0) is 55.5 Å². The second-order valence-electron chi connectivity index (χ2n) is 6.83. The number of sulfone groups is 1. The molecular weight excluding hydrogens is 330 g/mol. The van der Waals surface area contributed by atoms with Gasteiger partial charge in [0.2, 0.25) is 0 Å². The summed E-state index contributed by atoms with van der Waals surface area (Å²) in [6, 6.07) is 16.4. The fourth-order valence-corrected chi connectivity index (χ4v) is 3.52. The van der Waals surface area contributed by atoms with Crippen LogP contribution in [0.2, 0.25) is 0 Å². The van der Waals surface area contributed by atoms with Crippen molar-refractivity contribution in [1.29, 1.82) is 0 Å².